The summed E-state index contributed by atoms with van der Waals surface area (Å²) in [6.45, 7) is 5.04. The van der Waals surface area contributed by atoms with Crippen molar-refractivity contribution < 1.29 is 18.7 Å². The Bertz CT molecular complexity index is 1420. The predicted molar refractivity (Wildman–Crippen MR) is 195 cm³/mol. The van der Waals surface area contributed by atoms with Gasteiger partial charge in [-0.1, -0.05) is 29.2 Å². The van der Waals surface area contributed by atoms with Crippen LogP contribution in [0.2, 0.25) is 0 Å². The number of nitrogens with one attached hydrogen (secondary N) is 2. The summed E-state index contributed by atoms with van der Waals surface area (Å²) in [7, 11) is -0.993. The van der Waals surface area contributed by atoms with Crippen LogP contribution in [-0.4, -0.2) is 98.4 Å². The molecule has 6 rings (SSSR count). The Labute approximate surface area is 296 Å². The SMILES string of the molecule is CN1CCC(C2CCN(C(=O)[C@@H](Cc3cc(Br)c(N)c(Br)c3)NC(=O)N3CCC(N4Cc5ccccc5NS4(O)O)CC3)CC2)CC1. The summed E-state index contributed by atoms with van der Waals surface area (Å²) in [5, 5.41) is 3.10. The maximum Gasteiger partial charge on any atom is 0.318 e. The van der Waals surface area contributed by atoms with Gasteiger partial charge in [-0.05, 0) is 132 Å². The van der Waals surface area contributed by atoms with Gasteiger partial charge in [-0.2, -0.15) is 4.31 Å². The standard InChI is InChI=1S/C33H47Br2N7O4S/c1-39-12-6-23(7-13-39)24-8-14-40(15-9-24)32(43)30(20-22-18-27(34)31(36)28(35)19-22)37-33(44)41-16-10-26(11-17-41)42-21-25-4-2-3-5-29(25)38-47(42,45)46/h2-5,18-19,23-24,26,30,38,45-46H,6-17,20-21,36H2,1H3,(H,37,44)/t30-/m1/s1. The van der Waals surface area contributed by atoms with Crippen molar-refractivity contribution in [2.75, 3.05) is 56.8 Å². The van der Waals surface area contributed by atoms with Crippen LogP contribution in [0.25, 0.3) is 0 Å². The van der Waals surface area contributed by atoms with E-state index in [0.717, 1.165) is 57.6 Å². The predicted octanol–water partition coefficient (Wildman–Crippen LogP) is 5.97. The molecule has 4 aliphatic rings. The van der Waals surface area contributed by atoms with Crippen LogP contribution in [0.3, 0.4) is 0 Å². The molecule has 0 saturated carbocycles. The van der Waals surface area contributed by atoms with Crippen LogP contribution in [0.4, 0.5) is 16.2 Å². The van der Waals surface area contributed by atoms with Crippen LogP contribution in [0.5, 0.6) is 0 Å². The second-order valence-corrected chi connectivity index (χ2v) is 17.0. The lowest BCUT2D eigenvalue weighted by molar-refractivity contribution is -0.135. The van der Waals surface area contributed by atoms with Gasteiger partial charge in [0.2, 0.25) is 5.91 Å². The average molecular weight is 798 g/mol. The van der Waals surface area contributed by atoms with Crippen LogP contribution < -0.4 is 15.8 Å². The highest BCUT2D eigenvalue weighted by atomic mass is 79.9. The van der Waals surface area contributed by atoms with E-state index in [1.165, 1.54) is 12.8 Å². The fraction of sp³-hybridized carbons (Fsp3) is 0.576. The molecule has 3 saturated heterocycles. The zero-order chi connectivity index (χ0) is 33.3. The fourth-order valence-corrected chi connectivity index (χ4v) is 10.5. The van der Waals surface area contributed by atoms with Crippen molar-refractivity contribution >= 4 is 66.1 Å². The molecule has 0 aliphatic carbocycles. The zero-order valence-corrected chi connectivity index (χ0v) is 30.9. The van der Waals surface area contributed by atoms with Gasteiger partial charge in [0.1, 0.15) is 6.04 Å². The minimum atomic E-state index is -3.18. The van der Waals surface area contributed by atoms with Crippen molar-refractivity contribution in [3.8, 4) is 0 Å². The Balaban J connectivity index is 1.10. The molecule has 0 aromatic heterocycles. The molecular formula is C33H47Br2N7O4S. The van der Waals surface area contributed by atoms with Gasteiger partial charge in [-0.3, -0.25) is 18.6 Å². The highest BCUT2D eigenvalue weighted by molar-refractivity contribution is 9.11. The smallest absolute Gasteiger partial charge is 0.318 e. The minimum Gasteiger partial charge on any atom is -0.397 e. The second kappa shape index (κ2) is 14.8. The molecule has 1 atom stereocenters. The molecule has 0 bridgehead atoms. The van der Waals surface area contributed by atoms with E-state index in [9.17, 15) is 18.7 Å². The number of nitrogens with zero attached hydrogens (tertiary/aromatic N) is 4. The number of halogens is 2. The third kappa shape index (κ3) is 8.05. The lowest BCUT2D eigenvalue weighted by atomic mass is 9.79. The molecule has 47 heavy (non-hydrogen) atoms. The highest BCUT2D eigenvalue weighted by Gasteiger charge is 2.39. The number of benzene rings is 2. The zero-order valence-electron chi connectivity index (χ0n) is 26.9. The molecule has 2 aromatic carbocycles. The second-order valence-electron chi connectivity index (χ2n) is 13.6. The largest absolute Gasteiger partial charge is 0.397 e. The number of amides is 3. The third-order valence-electron chi connectivity index (χ3n) is 10.5. The lowest BCUT2D eigenvalue weighted by Crippen LogP contribution is -2.56. The first-order valence-electron chi connectivity index (χ1n) is 16.7. The van der Waals surface area contributed by atoms with E-state index < -0.39 is 17.0 Å². The molecule has 3 amide bonds. The Morgan fingerprint density at radius 2 is 1.51 bits per heavy atom. The van der Waals surface area contributed by atoms with Gasteiger partial charge in [-0.25, -0.2) is 4.79 Å². The normalized spacial score (nSPS) is 23.1. The molecular weight excluding hydrogens is 750 g/mol. The van der Waals surface area contributed by atoms with E-state index in [-0.39, 0.29) is 18.0 Å². The Morgan fingerprint density at radius 3 is 2.15 bits per heavy atom. The molecule has 0 spiro atoms. The number of urea groups is 1. The number of carbonyl (C=O) groups is 2. The summed E-state index contributed by atoms with van der Waals surface area (Å²) in [5.41, 5.74) is 9.36. The number of carbonyl (C=O) groups excluding carboxylic acids is 2. The first-order valence-corrected chi connectivity index (χ1v) is 19.7. The topological polar surface area (TPSA) is 138 Å². The van der Waals surface area contributed by atoms with E-state index in [2.05, 4.69) is 53.8 Å². The van der Waals surface area contributed by atoms with Gasteiger partial charge in [0, 0.05) is 54.1 Å². The maximum absolute atomic E-state index is 14.1. The first-order chi connectivity index (χ1) is 22.5. The van der Waals surface area contributed by atoms with Crippen molar-refractivity contribution in [1.29, 1.82) is 0 Å². The van der Waals surface area contributed by atoms with Gasteiger partial charge in [0.15, 0.2) is 0 Å². The molecule has 0 radical (unpaired) electrons. The van der Waals surface area contributed by atoms with Crippen LogP contribution in [0.15, 0.2) is 45.3 Å². The van der Waals surface area contributed by atoms with Gasteiger partial charge in [0.25, 0.3) is 0 Å². The third-order valence-corrected chi connectivity index (χ3v) is 13.4. The quantitative estimate of drug-likeness (QED) is 0.226. The Hall–Kier alpha value is -2.07. The number of anilines is 2. The number of nitrogens with two attached hydrogens (primary N) is 1. The average Bonchev–Trinajstić information content (AvgIpc) is 3.06. The molecule has 258 valence electrons. The number of para-hydroxylation sites is 1. The summed E-state index contributed by atoms with van der Waals surface area (Å²) < 4.78 is 28.0. The number of nitrogen functional groups attached to an aromatic ring is 1. The van der Waals surface area contributed by atoms with Gasteiger partial charge >= 0.3 is 6.03 Å². The number of rotatable bonds is 6. The van der Waals surface area contributed by atoms with Crippen LogP contribution in [0.1, 0.15) is 49.7 Å². The molecule has 0 unspecified atom stereocenters. The summed E-state index contributed by atoms with van der Waals surface area (Å²) in [5.74, 6) is 1.32. The van der Waals surface area contributed by atoms with E-state index >= 15 is 0 Å². The molecule has 4 aliphatic heterocycles. The van der Waals surface area contributed by atoms with Gasteiger partial charge < -0.3 is 25.8 Å². The Kier molecular flexibility index (Phi) is 11.0. The lowest BCUT2D eigenvalue weighted by Gasteiger charge is -2.51. The summed E-state index contributed by atoms with van der Waals surface area (Å²) in [6.07, 6.45) is 5.98. The fourth-order valence-electron chi connectivity index (χ4n) is 7.66. The van der Waals surface area contributed by atoms with Crippen LogP contribution in [0, 0.1) is 11.8 Å². The number of hydrogen-bond acceptors (Lipinski definition) is 8. The molecule has 11 nitrogen and oxygen atoms in total. The van der Waals surface area contributed by atoms with Gasteiger partial charge in [-0.15, -0.1) is 0 Å². The van der Waals surface area contributed by atoms with E-state index in [4.69, 9.17) is 5.73 Å². The van der Waals surface area contributed by atoms with E-state index in [1.54, 1.807) is 9.21 Å². The summed E-state index contributed by atoms with van der Waals surface area (Å²) in [4.78, 5) is 33.9. The number of likely N-dealkylation sites (tertiary alicyclic amines) is 3. The first kappa shape index (κ1) is 34.8. The van der Waals surface area contributed by atoms with Crippen molar-refractivity contribution in [1.82, 2.24) is 24.3 Å². The van der Waals surface area contributed by atoms with E-state index in [1.807, 2.05) is 41.3 Å². The monoisotopic (exact) mass is 795 g/mol. The molecule has 3 fully saturated rings. The summed E-state index contributed by atoms with van der Waals surface area (Å²) >= 11 is 7.05. The van der Waals surface area contributed by atoms with Crippen molar-refractivity contribution in [2.45, 2.75) is 63.6 Å². The van der Waals surface area contributed by atoms with Crippen molar-refractivity contribution in [3.63, 3.8) is 0 Å². The van der Waals surface area contributed by atoms with Crippen molar-refractivity contribution in [2.24, 2.45) is 11.8 Å². The minimum absolute atomic E-state index is 0.0499. The van der Waals surface area contributed by atoms with Crippen molar-refractivity contribution in [3.05, 3.63) is 56.5 Å². The molecule has 4 heterocycles. The number of hydrogen-bond donors (Lipinski definition) is 5. The number of piperidine rings is 3. The maximum atomic E-state index is 14.1. The molecule has 14 heteroatoms. The van der Waals surface area contributed by atoms with E-state index in [0.29, 0.717) is 63.6 Å². The summed E-state index contributed by atoms with van der Waals surface area (Å²) in [6, 6.07) is 10.4. The van der Waals surface area contributed by atoms with Crippen LogP contribution in [-0.2, 0) is 17.8 Å². The van der Waals surface area contributed by atoms with Gasteiger partial charge in [0.05, 0.1) is 11.4 Å². The highest BCUT2D eigenvalue weighted by Crippen LogP contribution is 2.51. The van der Waals surface area contributed by atoms with Crippen LogP contribution >= 0.6 is 42.8 Å². The Morgan fingerprint density at radius 1 is 0.936 bits per heavy atom. The molecule has 2 aromatic rings. The number of fused-ring (bicyclic) bond motifs is 1. The molecule has 6 N–H and O–H groups in total.